The molecule has 0 aliphatic rings. The third kappa shape index (κ3) is 3.56. The van der Waals surface area contributed by atoms with Crippen LogP contribution in [0.1, 0.15) is 59.8 Å². The van der Waals surface area contributed by atoms with Crippen LogP contribution < -0.4 is 10.6 Å². The Hall–Kier alpha value is -3.21. The maximum atomic E-state index is 12.0. The molecule has 0 bridgehead atoms. The van der Waals surface area contributed by atoms with Crippen LogP contribution in [0.25, 0.3) is 21.8 Å². The molecule has 1 atom stereocenters. The van der Waals surface area contributed by atoms with Crippen molar-refractivity contribution in [2.24, 2.45) is 5.73 Å². The largest absolute Gasteiger partial charge is 0.376 e. The molecule has 0 fully saturated rings. The number of nitrogens with two attached hydrogens (primary N) is 1. The van der Waals surface area contributed by atoms with E-state index in [9.17, 15) is 4.79 Å². The summed E-state index contributed by atoms with van der Waals surface area (Å²) in [6.07, 6.45) is 2.84. The number of benzene rings is 2. The number of aromatic nitrogens is 2. The highest BCUT2D eigenvalue weighted by atomic mass is 16.1. The molecule has 0 aliphatic carbocycles. The first-order valence-corrected chi connectivity index (χ1v) is 10.5. The first kappa shape index (κ1) is 20.1. The maximum Gasteiger partial charge on any atom is 0.250 e. The summed E-state index contributed by atoms with van der Waals surface area (Å²) < 4.78 is 0. The number of anilines is 1. The highest BCUT2D eigenvalue weighted by Crippen LogP contribution is 2.32. The van der Waals surface area contributed by atoms with Crippen molar-refractivity contribution in [2.45, 2.75) is 39.0 Å². The van der Waals surface area contributed by atoms with Gasteiger partial charge in [-0.15, -0.1) is 0 Å². The van der Waals surface area contributed by atoms with Gasteiger partial charge in [-0.3, -0.25) is 4.79 Å². The van der Waals surface area contributed by atoms with Gasteiger partial charge in [-0.2, -0.15) is 0 Å². The molecule has 0 spiro atoms. The van der Waals surface area contributed by atoms with Crippen molar-refractivity contribution in [3.05, 3.63) is 65.0 Å². The normalized spacial score (nSPS) is 12.7. The van der Waals surface area contributed by atoms with Crippen LogP contribution in [-0.2, 0) is 6.42 Å². The van der Waals surface area contributed by atoms with Gasteiger partial charge in [0.2, 0.25) is 0 Å². The van der Waals surface area contributed by atoms with Crippen molar-refractivity contribution >= 4 is 33.4 Å². The Morgan fingerprint density at radius 3 is 2.40 bits per heavy atom. The van der Waals surface area contributed by atoms with Crippen LogP contribution in [0.15, 0.2) is 42.6 Å². The van der Waals surface area contributed by atoms with Gasteiger partial charge >= 0.3 is 0 Å². The van der Waals surface area contributed by atoms with Gasteiger partial charge < -0.3 is 20.6 Å². The van der Waals surface area contributed by atoms with Crippen molar-refractivity contribution in [3.8, 4) is 0 Å². The molecule has 30 heavy (non-hydrogen) atoms. The van der Waals surface area contributed by atoms with Crippen molar-refractivity contribution < 1.29 is 4.79 Å². The second-order valence-electron chi connectivity index (χ2n) is 8.83. The third-order valence-electron chi connectivity index (χ3n) is 5.98. The zero-order valence-electron chi connectivity index (χ0n) is 18.3. The predicted octanol–water partition coefficient (Wildman–Crippen LogP) is 5.28. The number of fused-ring (bicyclic) bond motifs is 2. The molecule has 2 heterocycles. The monoisotopic (exact) mass is 402 g/mol. The molecule has 4 N–H and O–H groups in total. The highest BCUT2D eigenvalue weighted by Gasteiger charge is 2.17. The van der Waals surface area contributed by atoms with E-state index in [2.05, 4.69) is 80.1 Å². The smallest absolute Gasteiger partial charge is 0.250 e. The summed E-state index contributed by atoms with van der Waals surface area (Å²) in [5.74, 6) is 0.262. The molecule has 0 aliphatic heterocycles. The van der Waals surface area contributed by atoms with Gasteiger partial charge in [0.25, 0.3) is 5.91 Å². The Labute approximate surface area is 177 Å². The second-order valence-corrected chi connectivity index (χ2v) is 8.83. The summed E-state index contributed by atoms with van der Waals surface area (Å²) >= 11 is 0. The minimum atomic E-state index is -0.391. The number of nitrogens with one attached hydrogen (secondary N) is 2. The third-order valence-corrected chi connectivity index (χ3v) is 5.98. The summed E-state index contributed by atoms with van der Waals surface area (Å²) in [5, 5.41) is 2.27. The van der Waals surface area contributed by atoms with E-state index >= 15 is 0 Å². The second kappa shape index (κ2) is 7.56. The Kier molecular flexibility index (Phi) is 5.06. The fourth-order valence-corrected chi connectivity index (χ4v) is 4.22. The number of primary amides is 1. The first-order valence-electron chi connectivity index (χ1n) is 10.5. The lowest BCUT2D eigenvalue weighted by atomic mass is 9.94. The van der Waals surface area contributed by atoms with Crippen LogP contribution in [0.2, 0.25) is 0 Å². The number of hydrogen-bond donors (Lipinski definition) is 3. The average Bonchev–Trinajstić information content (AvgIpc) is 3.31. The Morgan fingerprint density at radius 1 is 1.00 bits per heavy atom. The van der Waals surface area contributed by atoms with Gasteiger partial charge in [0.05, 0.1) is 22.3 Å². The molecule has 0 saturated heterocycles. The summed E-state index contributed by atoms with van der Waals surface area (Å²) in [6.45, 7) is 6.50. The molecule has 156 valence electrons. The van der Waals surface area contributed by atoms with Crippen molar-refractivity contribution in [2.75, 3.05) is 19.0 Å². The SMILES string of the molecule is CC(C)c1cc(C(N)=O)c2[nH]c(CC(C)c3cc(N(C)C)c4[nH]ccc4c3)cc2c1. The zero-order valence-corrected chi connectivity index (χ0v) is 18.3. The molecule has 0 saturated carbocycles. The first-order chi connectivity index (χ1) is 14.2. The zero-order chi connectivity index (χ0) is 21.6. The summed E-state index contributed by atoms with van der Waals surface area (Å²) in [7, 11) is 4.14. The van der Waals surface area contributed by atoms with Crippen LogP contribution in [0, 0.1) is 0 Å². The molecule has 2 aromatic heterocycles. The molecule has 2 aromatic carbocycles. The standard InChI is InChI=1S/C25H30N4O/c1-14(2)17-10-19-11-20(28-23(19)21(12-17)25(26)30)8-15(3)18-9-16-6-7-27-24(16)22(13-18)29(4)5/h6-7,9-15,27-28H,8H2,1-5H3,(H2,26,30). The fourth-order valence-electron chi connectivity index (χ4n) is 4.22. The minimum Gasteiger partial charge on any atom is -0.376 e. The lowest BCUT2D eigenvalue weighted by molar-refractivity contribution is 0.100. The van der Waals surface area contributed by atoms with E-state index in [1.165, 1.54) is 16.6 Å². The summed E-state index contributed by atoms with van der Waals surface area (Å²) in [5.41, 5.74) is 13.0. The number of amides is 1. The molecular weight excluding hydrogens is 372 g/mol. The number of carbonyl (C=O) groups excluding carboxylic acids is 1. The molecular formula is C25H30N4O. The quantitative estimate of drug-likeness (QED) is 0.410. The molecule has 0 radical (unpaired) electrons. The highest BCUT2D eigenvalue weighted by molar-refractivity contribution is 6.05. The molecule has 1 amide bonds. The van der Waals surface area contributed by atoms with E-state index in [0.717, 1.165) is 34.1 Å². The number of rotatable bonds is 6. The molecule has 4 rings (SSSR count). The number of aromatic amines is 2. The van der Waals surface area contributed by atoms with E-state index in [1.54, 1.807) is 0 Å². The van der Waals surface area contributed by atoms with E-state index in [1.807, 2.05) is 12.3 Å². The predicted molar refractivity (Wildman–Crippen MR) is 126 cm³/mol. The van der Waals surface area contributed by atoms with Gasteiger partial charge in [0, 0.05) is 36.8 Å². The van der Waals surface area contributed by atoms with Crippen molar-refractivity contribution in [1.29, 1.82) is 0 Å². The molecule has 5 nitrogen and oxygen atoms in total. The van der Waals surface area contributed by atoms with Gasteiger partial charge in [0.15, 0.2) is 0 Å². The fraction of sp³-hybridized carbons (Fsp3) is 0.320. The van der Waals surface area contributed by atoms with E-state index in [0.29, 0.717) is 17.4 Å². The van der Waals surface area contributed by atoms with E-state index in [-0.39, 0.29) is 0 Å². The van der Waals surface area contributed by atoms with Crippen LogP contribution in [0.4, 0.5) is 5.69 Å². The summed E-state index contributed by atoms with van der Waals surface area (Å²) in [4.78, 5) is 21.0. The number of nitrogens with zero attached hydrogens (tertiary/aromatic N) is 1. The van der Waals surface area contributed by atoms with Crippen LogP contribution in [-0.4, -0.2) is 30.0 Å². The molecule has 4 aromatic rings. The van der Waals surface area contributed by atoms with Gasteiger partial charge in [-0.05, 0) is 65.8 Å². The maximum absolute atomic E-state index is 12.0. The Morgan fingerprint density at radius 2 is 1.73 bits per heavy atom. The minimum absolute atomic E-state index is 0.317. The van der Waals surface area contributed by atoms with Gasteiger partial charge in [-0.25, -0.2) is 0 Å². The van der Waals surface area contributed by atoms with Gasteiger partial charge in [0.1, 0.15) is 0 Å². The van der Waals surface area contributed by atoms with Crippen molar-refractivity contribution in [1.82, 2.24) is 9.97 Å². The van der Waals surface area contributed by atoms with E-state index < -0.39 is 5.91 Å². The van der Waals surface area contributed by atoms with Crippen LogP contribution in [0.3, 0.4) is 0 Å². The Balaban J connectivity index is 1.71. The van der Waals surface area contributed by atoms with E-state index in [4.69, 9.17) is 5.73 Å². The van der Waals surface area contributed by atoms with Gasteiger partial charge in [-0.1, -0.05) is 20.8 Å². The number of H-pyrrole nitrogens is 2. The average molecular weight is 403 g/mol. The number of hydrogen-bond acceptors (Lipinski definition) is 2. The lowest BCUT2D eigenvalue weighted by Gasteiger charge is -2.18. The lowest BCUT2D eigenvalue weighted by Crippen LogP contribution is -2.12. The van der Waals surface area contributed by atoms with Crippen molar-refractivity contribution in [3.63, 3.8) is 0 Å². The topological polar surface area (TPSA) is 77.9 Å². The molecule has 1 unspecified atom stereocenters. The van der Waals surface area contributed by atoms with Crippen LogP contribution >= 0.6 is 0 Å². The number of carbonyl (C=O) groups is 1. The Bertz CT molecular complexity index is 1230. The summed E-state index contributed by atoms with van der Waals surface area (Å²) in [6, 6.07) is 12.9. The van der Waals surface area contributed by atoms with Crippen LogP contribution in [0.5, 0.6) is 0 Å². The molecule has 5 heteroatoms.